The Balaban J connectivity index is 1.65. The molecule has 25 heavy (non-hydrogen) atoms. The van der Waals surface area contributed by atoms with Gasteiger partial charge in [-0.1, -0.05) is 11.6 Å². The van der Waals surface area contributed by atoms with E-state index in [2.05, 4.69) is 20.6 Å². The van der Waals surface area contributed by atoms with E-state index in [1.54, 1.807) is 36.5 Å². The van der Waals surface area contributed by atoms with Gasteiger partial charge in [-0.05, 0) is 24.3 Å². The minimum Gasteiger partial charge on any atom is -0.480 e. The van der Waals surface area contributed by atoms with Gasteiger partial charge in [0.2, 0.25) is 0 Å². The lowest BCUT2D eigenvalue weighted by Gasteiger charge is -2.17. The zero-order valence-electron chi connectivity index (χ0n) is 12.7. The maximum absolute atomic E-state index is 12.6. The van der Waals surface area contributed by atoms with Crippen LogP contribution in [0.5, 0.6) is 5.75 Å². The van der Waals surface area contributed by atoms with Crippen molar-refractivity contribution in [3.05, 3.63) is 53.3 Å². The van der Waals surface area contributed by atoms with Gasteiger partial charge < -0.3 is 15.4 Å². The molecule has 0 radical (unpaired) electrons. The first kappa shape index (κ1) is 15.3. The van der Waals surface area contributed by atoms with Crippen molar-refractivity contribution < 1.29 is 14.3 Å². The second-order valence-electron chi connectivity index (χ2n) is 5.36. The van der Waals surface area contributed by atoms with Crippen LogP contribution in [-0.2, 0) is 4.79 Å². The second kappa shape index (κ2) is 6.03. The molecule has 4 rings (SSSR count). The maximum Gasteiger partial charge on any atom is 0.263 e. The van der Waals surface area contributed by atoms with Gasteiger partial charge in [0.25, 0.3) is 11.8 Å². The highest BCUT2D eigenvalue weighted by Gasteiger charge is 2.19. The molecule has 0 atom stereocenters. The van der Waals surface area contributed by atoms with Crippen LogP contribution < -0.4 is 15.4 Å². The third-order valence-electron chi connectivity index (χ3n) is 3.69. The molecule has 0 fully saturated rings. The van der Waals surface area contributed by atoms with Crippen LogP contribution in [0.15, 0.2) is 42.7 Å². The monoisotopic (exact) mass is 354 g/mol. The lowest BCUT2D eigenvalue weighted by molar-refractivity contribution is -0.118. The van der Waals surface area contributed by atoms with E-state index in [1.807, 2.05) is 0 Å². The van der Waals surface area contributed by atoms with Gasteiger partial charge in [0.15, 0.2) is 18.2 Å². The van der Waals surface area contributed by atoms with Gasteiger partial charge >= 0.3 is 0 Å². The average Bonchev–Trinajstić information content (AvgIpc) is 2.62. The number of benzene rings is 1. The number of pyridine rings is 2. The molecular weight excluding hydrogens is 344 g/mol. The molecule has 0 aliphatic carbocycles. The van der Waals surface area contributed by atoms with Crippen molar-refractivity contribution in [2.45, 2.75) is 0 Å². The Kier molecular flexibility index (Phi) is 3.70. The first-order chi connectivity index (χ1) is 12.1. The lowest BCUT2D eigenvalue weighted by Crippen LogP contribution is -2.26. The number of ether oxygens (including phenoxy) is 1. The highest BCUT2D eigenvalue weighted by Crippen LogP contribution is 2.29. The molecule has 2 N–H and O–H groups in total. The number of anilines is 2. The number of aromatic nitrogens is 2. The van der Waals surface area contributed by atoms with Crippen LogP contribution in [-0.4, -0.2) is 28.4 Å². The Labute approximate surface area is 147 Å². The number of fused-ring (bicyclic) bond motifs is 2. The largest absolute Gasteiger partial charge is 0.480 e. The smallest absolute Gasteiger partial charge is 0.263 e. The third-order valence-corrected chi connectivity index (χ3v) is 4.02. The first-order valence-electron chi connectivity index (χ1n) is 7.39. The molecule has 1 aliphatic rings. The maximum atomic E-state index is 12.6. The summed E-state index contributed by atoms with van der Waals surface area (Å²) in [4.78, 5) is 32.2. The van der Waals surface area contributed by atoms with Crippen molar-refractivity contribution in [3.8, 4) is 5.75 Å². The molecule has 0 saturated carbocycles. The Morgan fingerprint density at radius 2 is 2.16 bits per heavy atom. The molecule has 7 nitrogen and oxygen atoms in total. The van der Waals surface area contributed by atoms with Gasteiger partial charge in [0.05, 0.1) is 28.0 Å². The number of rotatable bonds is 2. The molecule has 1 aliphatic heterocycles. The van der Waals surface area contributed by atoms with E-state index in [9.17, 15) is 9.59 Å². The number of amides is 2. The van der Waals surface area contributed by atoms with Gasteiger partial charge in [-0.2, -0.15) is 0 Å². The zero-order valence-corrected chi connectivity index (χ0v) is 13.5. The van der Waals surface area contributed by atoms with E-state index in [1.165, 1.54) is 6.20 Å². The normalized spacial score (nSPS) is 12.9. The summed E-state index contributed by atoms with van der Waals surface area (Å²) in [6.45, 7) is -0.0855. The molecule has 2 aromatic heterocycles. The summed E-state index contributed by atoms with van der Waals surface area (Å²) in [5.41, 5.74) is 1.35. The van der Waals surface area contributed by atoms with Crippen LogP contribution in [0.1, 0.15) is 10.4 Å². The summed E-state index contributed by atoms with van der Waals surface area (Å²) in [6, 6.07) is 8.44. The predicted octanol–water partition coefficient (Wildman–Crippen LogP) is 2.87. The number of nitrogens with one attached hydrogen (secondary N) is 2. The topological polar surface area (TPSA) is 93.2 Å². The van der Waals surface area contributed by atoms with Gasteiger partial charge in [-0.25, -0.2) is 4.98 Å². The molecule has 0 unspecified atom stereocenters. The Morgan fingerprint density at radius 1 is 1.28 bits per heavy atom. The summed E-state index contributed by atoms with van der Waals surface area (Å²) in [7, 11) is 0. The van der Waals surface area contributed by atoms with Gasteiger partial charge in [0.1, 0.15) is 0 Å². The number of halogens is 1. The van der Waals surface area contributed by atoms with Crippen LogP contribution in [0.25, 0.3) is 10.9 Å². The highest BCUT2D eigenvalue weighted by atomic mass is 35.5. The number of carbonyl (C=O) groups excluding carboxylic acids is 2. The van der Waals surface area contributed by atoms with Crippen molar-refractivity contribution in [2.75, 3.05) is 17.2 Å². The molecule has 8 heteroatoms. The fraction of sp³-hybridized carbons (Fsp3) is 0.0588. The number of carbonyl (C=O) groups is 2. The van der Waals surface area contributed by atoms with Crippen molar-refractivity contribution in [3.63, 3.8) is 0 Å². The molecule has 2 amide bonds. The summed E-state index contributed by atoms with van der Waals surface area (Å²) >= 11 is 6.15. The van der Waals surface area contributed by atoms with Crippen molar-refractivity contribution in [1.29, 1.82) is 0 Å². The number of hydrogen-bond acceptors (Lipinski definition) is 5. The number of nitrogens with zero attached hydrogens (tertiary/aromatic N) is 2. The minimum atomic E-state index is -0.345. The second-order valence-corrected chi connectivity index (χ2v) is 5.76. The molecule has 1 aromatic carbocycles. The van der Waals surface area contributed by atoms with Crippen molar-refractivity contribution >= 4 is 45.8 Å². The molecule has 0 spiro atoms. The molecule has 0 bridgehead atoms. The van der Waals surface area contributed by atoms with E-state index in [4.69, 9.17) is 16.3 Å². The van der Waals surface area contributed by atoms with Crippen molar-refractivity contribution in [1.82, 2.24) is 9.97 Å². The molecule has 3 aromatic rings. The molecule has 3 heterocycles. The van der Waals surface area contributed by atoms with Crippen LogP contribution in [0.3, 0.4) is 0 Å². The van der Waals surface area contributed by atoms with Crippen LogP contribution in [0, 0.1) is 0 Å². The van der Waals surface area contributed by atoms with Crippen molar-refractivity contribution in [2.24, 2.45) is 0 Å². The molecule has 0 saturated heterocycles. The Morgan fingerprint density at radius 3 is 3.04 bits per heavy atom. The Hall–Kier alpha value is -3.19. The fourth-order valence-corrected chi connectivity index (χ4v) is 2.76. The van der Waals surface area contributed by atoms with Crippen LogP contribution >= 0.6 is 11.6 Å². The van der Waals surface area contributed by atoms with E-state index >= 15 is 0 Å². The quantitative estimate of drug-likeness (QED) is 0.738. The first-order valence-corrected chi connectivity index (χ1v) is 7.77. The predicted molar refractivity (Wildman–Crippen MR) is 93.1 cm³/mol. The highest BCUT2D eigenvalue weighted by molar-refractivity contribution is 6.36. The summed E-state index contributed by atoms with van der Waals surface area (Å²) in [5, 5.41) is 6.57. The third kappa shape index (κ3) is 2.85. The molecule has 124 valence electrons. The summed E-state index contributed by atoms with van der Waals surface area (Å²) in [6.07, 6.45) is 3.05. The van der Waals surface area contributed by atoms with Crippen LogP contribution in [0.4, 0.5) is 11.5 Å². The summed E-state index contributed by atoms with van der Waals surface area (Å²) < 4.78 is 5.29. The average molecular weight is 355 g/mol. The standard InChI is InChI=1S/C17H11ClN4O3/c18-12-4-3-11(15-10(12)2-1-5-19-15)17(24)21-9-6-13-16(20-7-9)22-14(23)8-25-13/h1-7H,8H2,(H,21,24)(H,20,22,23). The minimum absolute atomic E-state index is 0.0855. The lowest BCUT2D eigenvalue weighted by atomic mass is 10.1. The van der Waals surface area contributed by atoms with Gasteiger partial charge in [-0.3, -0.25) is 14.6 Å². The number of hydrogen-bond donors (Lipinski definition) is 2. The zero-order chi connectivity index (χ0) is 17.4. The Bertz CT molecular complexity index is 1020. The summed E-state index contributed by atoms with van der Waals surface area (Å²) in [5.74, 6) is 0.113. The van der Waals surface area contributed by atoms with E-state index in [0.717, 1.165) is 0 Å². The van der Waals surface area contributed by atoms with E-state index in [-0.39, 0.29) is 18.4 Å². The van der Waals surface area contributed by atoms with E-state index < -0.39 is 0 Å². The van der Waals surface area contributed by atoms with Gasteiger partial charge in [-0.15, -0.1) is 0 Å². The van der Waals surface area contributed by atoms with E-state index in [0.29, 0.717) is 38.7 Å². The fourth-order valence-electron chi connectivity index (χ4n) is 2.55. The van der Waals surface area contributed by atoms with Crippen LogP contribution in [0.2, 0.25) is 5.02 Å². The molecular formula is C17H11ClN4O3. The SMILES string of the molecule is O=C1COc2cc(NC(=O)c3ccc(Cl)c4cccnc34)cnc2N1. The van der Waals surface area contributed by atoms with Gasteiger partial charge in [0, 0.05) is 17.6 Å².